The number of hydrogen-bond donors (Lipinski definition) is 1. The summed E-state index contributed by atoms with van der Waals surface area (Å²) in [4.78, 5) is 21.1. The number of nitrogens with one attached hydrogen (secondary N) is 1. The van der Waals surface area contributed by atoms with Crippen LogP contribution in [0.5, 0.6) is 5.75 Å². The monoisotopic (exact) mass is 405 g/mol. The van der Waals surface area contributed by atoms with Crippen LogP contribution in [-0.2, 0) is 17.8 Å². The highest BCUT2D eigenvalue weighted by molar-refractivity contribution is 7.13. The number of amides is 1. The molecule has 0 saturated heterocycles. The molecule has 7 heteroatoms. The van der Waals surface area contributed by atoms with Crippen LogP contribution in [0.4, 0.5) is 5.69 Å². The zero-order chi connectivity index (χ0) is 20.1. The van der Waals surface area contributed by atoms with Gasteiger partial charge in [-0.05, 0) is 43.3 Å². The van der Waals surface area contributed by atoms with E-state index in [0.717, 1.165) is 22.2 Å². The number of anilines is 1. The van der Waals surface area contributed by atoms with Crippen LogP contribution >= 0.6 is 11.3 Å². The highest BCUT2D eigenvalue weighted by atomic mass is 32.1. The van der Waals surface area contributed by atoms with Crippen molar-refractivity contribution < 1.29 is 13.9 Å². The van der Waals surface area contributed by atoms with E-state index in [1.165, 1.54) is 11.3 Å². The maximum absolute atomic E-state index is 12.4. The van der Waals surface area contributed by atoms with Gasteiger partial charge in [0.15, 0.2) is 10.8 Å². The summed E-state index contributed by atoms with van der Waals surface area (Å²) in [5.74, 6) is 2.08. The van der Waals surface area contributed by atoms with Gasteiger partial charge in [-0.3, -0.25) is 9.78 Å². The summed E-state index contributed by atoms with van der Waals surface area (Å²) in [7, 11) is 0. The van der Waals surface area contributed by atoms with Crippen molar-refractivity contribution in [3.63, 3.8) is 0 Å². The molecule has 0 spiro atoms. The third-order valence-electron chi connectivity index (χ3n) is 4.08. The second kappa shape index (κ2) is 8.70. The SMILES string of the molecule is Cc1ccc(-c2nc(CC(=O)Nc3cccc(OCc4ccccn4)c3)cs2)o1. The highest BCUT2D eigenvalue weighted by Gasteiger charge is 2.12. The summed E-state index contributed by atoms with van der Waals surface area (Å²) in [6.45, 7) is 2.26. The first-order valence-corrected chi connectivity index (χ1v) is 9.97. The zero-order valence-electron chi connectivity index (χ0n) is 15.8. The maximum Gasteiger partial charge on any atom is 0.230 e. The van der Waals surface area contributed by atoms with E-state index in [4.69, 9.17) is 9.15 Å². The second-order valence-electron chi connectivity index (χ2n) is 6.42. The molecule has 1 aromatic carbocycles. The van der Waals surface area contributed by atoms with Crippen molar-refractivity contribution in [1.29, 1.82) is 0 Å². The molecule has 0 bridgehead atoms. The van der Waals surface area contributed by atoms with Crippen molar-refractivity contribution in [3.8, 4) is 16.5 Å². The smallest absolute Gasteiger partial charge is 0.230 e. The summed E-state index contributed by atoms with van der Waals surface area (Å²) in [6, 6.07) is 16.8. The van der Waals surface area contributed by atoms with Crippen molar-refractivity contribution in [1.82, 2.24) is 9.97 Å². The molecule has 0 aliphatic carbocycles. The van der Waals surface area contributed by atoms with Crippen molar-refractivity contribution in [2.24, 2.45) is 0 Å². The van der Waals surface area contributed by atoms with E-state index in [9.17, 15) is 4.79 Å². The van der Waals surface area contributed by atoms with Crippen molar-refractivity contribution in [2.75, 3.05) is 5.32 Å². The number of ether oxygens (including phenoxy) is 1. The van der Waals surface area contributed by atoms with E-state index in [1.807, 2.05) is 60.8 Å². The number of pyridine rings is 1. The quantitative estimate of drug-likeness (QED) is 0.475. The fraction of sp³-hybridized carbons (Fsp3) is 0.136. The lowest BCUT2D eigenvalue weighted by molar-refractivity contribution is -0.115. The highest BCUT2D eigenvalue weighted by Crippen LogP contribution is 2.26. The van der Waals surface area contributed by atoms with E-state index in [2.05, 4.69) is 15.3 Å². The average molecular weight is 405 g/mol. The van der Waals surface area contributed by atoms with Gasteiger partial charge in [-0.1, -0.05) is 12.1 Å². The molecular weight excluding hydrogens is 386 g/mol. The first-order valence-electron chi connectivity index (χ1n) is 9.09. The molecule has 29 heavy (non-hydrogen) atoms. The number of hydrogen-bond acceptors (Lipinski definition) is 6. The minimum atomic E-state index is -0.139. The minimum Gasteiger partial charge on any atom is -0.487 e. The fourth-order valence-corrected chi connectivity index (χ4v) is 3.50. The molecule has 0 unspecified atom stereocenters. The van der Waals surface area contributed by atoms with Crippen LogP contribution in [0.3, 0.4) is 0 Å². The van der Waals surface area contributed by atoms with Crippen LogP contribution in [0.15, 0.2) is 70.6 Å². The molecule has 0 saturated carbocycles. The molecule has 1 amide bonds. The largest absolute Gasteiger partial charge is 0.487 e. The van der Waals surface area contributed by atoms with Gasteiger partial charge < -0.3 is 14.5 Å². The number of thiazole rings is 1. The van der Waals surface area contributed by atoms with Gasteiger partial charge in [0.25, 0.3) is 0 Å². The number of carbonyl (C=O) groups is 1. The van der Waals surface area contributed by atoms with Gasteiger partial charge in [-0.2, -0.15) is 0 Å². The Kier molecular flexibility index (Phi) is 5.67. The Balaban J connectivity index is 1.34. The first-order chi connectivity index (χ1) is 14.2. The molecule has 0 aliphatic rings. The second-order valence-corrected chi connectivity index (χ2v) is 7.27. The van der Waals surface area contributed by atoms with Crippen molar-refractivity contribution in [3.05, 3.63) is 83.3 Å². The molecule has 6 nitrogen and oxygen atoms in total. The Morgan fingerprint density at radius 2 is 2.07 bits per heavy atom. The minimum absolute atomic E-state index is 0.139. The molecule has 4 rings (SSSR count). The topological polar surface area (TPSA) is 77.2 Å². The van der Waals surface area contributed by atoms with Gasteiger partial charge in [0, 0.05) is 23.3 Å². The number of aromatic nitrogens is 2. The van der Waals surface area contributed by atoms with Crippen molar-refractivity contribution >= 4 is 22.9 Å². The summed E-state index contributed by atoms with van der Waals surface area (Å²) < 4.78 is 11.3. The van der Waals surface area contributed by atoms with Gasteiger partial charge >= 0.3 is 0 Å². The van der Waals surface area contributed by atoms with Crippen LogP contribution in [0, 0.1) is 6.92 Å². The Bertz CT molecular complexity index is 1110. The standard InChI is InChI=1S/C22H19N3O3S/c1-15-8-9-20(28-15)22-25-18(14-29-22)12-21(26)24-16-6-4-7-19(11-16)27-13-17-5-2-3-10-23-17/h2-11,14H,12-13H2,1H3,(H,24,26). The summed E-state index contributed by atoms with van der Waals surface area (Å²) >= 11 is 1.46. The number of rotatable bonds is 7. The normalized spacial score (nSPS) is 10.7. The number of carbonyl (C=O) groups excluding carboxylic acids is 1. The predicted molar refractivity (Wildman–Crippen MR) is 112 cm³/mol. The number of nitrogens with zero attached hydrogens (tertiary/aromatic N) is 2. The van der Waals surface area contributed by atoms with Gasteiger partial charge in [0.2, 0.25) is 5.91 Å². The molecule has 146 valence electrons. The molecule has 0 radical (unpaired) electrons. The van der Waals surface area contributed by atoms with E-state index in [1.54, 1.807) is 12.3 Å². The average Bonchev–Trinajstić information content (AvgIpc) is 3.36. The molecule has 1 N–H and O–H groups in total. The molecule has 0 atom stereocenters. The molecule has 4 aromatic rings. The lowest BCUT2D eigenvalue weighted by atomic mass is 10.2. The summed E-state index contributed by atoms with van der Waals surface area (Å²) in [5, 5.41) is 5.53. The lowest BCUT2D eigenvalue weighted by Crippen LogP contribution is -2.14. The Labute approximate surface area is 172 Å². The Morgan fingerprint density at radius 3 is 2.86 bits per heavy atom. The van der Waals surface area contributed by atoms with Crippen LogP contribution in [0.2, 0.25) is 0 Å². The molecule has 0 aliphatic heterocycles. The van der Waals surface area contributed by atoms with Crippen LogP contribution < -0.4 is 10.1 Å². The van der Waals surface area contributed by atoms with Gasteiger partial charge in [0.05, 0.1) is 17.8 Å². The van der Waals surface area contributed by atoms with E-state index >= 15 is 0 Å². The van der Waals surface area contributed by atoms with Crippen LogP contribution in [0.25, 0.3) is 10.8 Å². The maximum atomic E-state index is 12.4. The summed E-state index contributed by atoms with van der Waals surface area (Å²) in [5.41, 5.74) is 2.22. The molecule has 3 aromatic heterocycles. The number of aryl methyl sites for hydroxylation is 1. The first kappa shape index (κ1) is 18.9. The van der Waals surface area contributed by atoms with E-state index < -0.39 is 0 Å². The van der Waals surface area contributed by atoms with Gasteiger partial charge in [-0.25, -0.2) is 4.98 Å². The van der Waals surface area contributed by atoms with E-state index in [-0.39, 0.29) is 12.3 Å². The Morgan fingerprint density at radius 1 is 1.14 bits per heavy atom. The third kappa shape index (κ3) is 5.08. The van der Waals surface area contributed by atoms with Crippen LogP contribution in [-0.4, -0.2) is 15.9 Å². The zero-order valence-corrected chi connectivity index (χ0v) is 16.6. The molecule has 0 fully saturated rings. The summed E-state index contributed by atoms with van der Waals surface area (Å²) in [6.07, 6.45) is 1.92. The molecule has 3 heterocycles. The van der Waals surface area contributed by atoms with Gasteiger partial charge in [0.1, 0.15) is 18.1 Å². The van der Waals surface area contributed by atoms with Gasteiger partial charge in [-0.15, -0.1) is 11.3 Å². The third-order valence-corrected chi connectivity index (χ3v) is 4.98. The number of furan rings is 1. The predicted octanol–water partition coefficient (Wildman–Crippen LogP) is 4.87. The molecular formula is C22H19N3O3S. The lowest BCUT2D eigenvalue weighted by Gasteiger charge is -2.08. The fourth-order valence-electron chi connectivity index (χ4n) is 2.72. The number of benzene rings is 1. The van der Waals surface area contributed by atoms with E-state index in [0.29, 0.717) is 23.7 Å². The van der Waals surface area contributed by atoms with Crippen molar-refractivity contribution in [2.45, 2.75) is 20.0 Å². The van der Waals surface area contributed by atoms with Crippen LogP contribution in [0.1, 0.15) is 17.1 Å². The Hall–Kier alpha value is -3.45.